The van der Waals surface area contributed by atoms with E-state index in [0.29, 0.717) is 23.0 Å². The fourth-order valence-electron chi connectivity index (χ4n) is 3.54. The lowest BCUT2D eigenvalue weighted by Gasteiger charge is -2.27. The molecule has 1 aliphatic carbocycles. The van der Waals surface area contributed by atoms with Gasteiger partial charge in [0, 0.05) is 10.6 Å². The van der Waals surface area contributed by atoms with E-state index in [1.807, 2.05) is 42.5 Å². The van der Waals surface area contributed by atoms with Crippen LogP contribution in [0.5, 0.6) is 0 Å². The second-order valence-corrected chi connectivity index (χ2v) is 7.91. The van der Waals surface area contributed by atoms with Gasteiger partial charge in [0.2, 0.25) is 5.89 Å². The Morgan fingerprint density at radius 2 is 2.18 bits per heavy atom. The molecule has 0 radical (unpaired) electrons. The van der Waals surface area contributed by atoms with Crippen LogP contribution in [0.1, 0.15) is 52.1 Å². The van der Waals surface area contributed by atoms with E-state index in [4.69, 9.17) is 10.3 Å². The summed E-state index contributed by atoms with van der Waals surface area (Å²) in [7, 11) is 0. The lowest BCUT2D eigenvalue weighted by Crippen LogP contribution is -2.31. The minimum Gasteiger partial charge on any atom is -0.399 e. The molecule has 6 nitrogen and oxygen atoms in total. The van der Waals surface area contributed by atoms with Crippen LogP contribution in [0.15, 0.2) is 51.9 Å². The maximum Gasteiger partial charge on any atom is 0.252 e. The summed E-state index contributed by atoms with van der Waals surface area (Å²) in [4.78, 5) is 18.1. The molecule has 3 N–H and O–H groups in total. The molecule has 1 aliphatic rings. The van der Waals surface area contributed by atoms with E-state index in [2.05, 4.69) is 15.5 Å². The Kier molecular flexibility index (Phi) is 5.34. The fourth-order valence-corrected chi connectivity index (χ4v) is 4.43. The lowest BCUT2D eigenvalue weighted by atomic mass is 9.87. The second kappa shape index (κ2) is 8.06. The van der Waals surface area contributed by atoms with Gasteiger partial charge in [-0.15, -0.1) is 11.8 Å². The largest absolute Gasteiger partial charge is 0.399 e. The van der Waals surface area contributed by atoms with Crippen LogP contribution >= 0.6 is 11.8 Å². The van der Waals surface area contributed by atoms with Crippen molar-refractivity contribution in [3.05, 3.63) is 70.9 Å². The van der Waals surface area contributed by atoms with Gasteiger partial charge in [0.25, 0.3) is 5.91 Å². The first-order valence-electron chi connectivity index (χ1n) is 9.30. The van der Waals surface area contributed by atoms with Crippen LogP contribution in [0, 0.1) is 6.92 Å². The molecule has 0 bridgehead atoms. The number of thioether (sulfide) groups is 1. The van der Waals surface area contributed by atoms with Crippen LogP contribution in [0.4, 0.5) is 5.69 Å². The molecule has 1 aromatic heterocycles. The number of anilines is 1. The number of carbonyl (C=O) groups excluding carboxylic acids is 1. The number of nitrogens with zero attached hydrogens (tertiary/aromatic N) is 2. The molecule has 2 aromatic carbocycles. The van der Waals surface area contributed by atoms with Crippen LogP contribution in [-0.2, 0) is 12.2 Å². The van der Waals surface area contributed by atoms with Gasteiger partial charge in [-0.3, -0.25) is 4.79 Å². The molecule has 7 heteroatoms. The summed E-state index contributed by atoms with van der Waals surface area (Å²) in [5.41, 5.74) is 9.74. The van der Waals surface area contributed by atoms with Gasteiger partial charge in [-0.2, -0.15) is 4.98 Å². The van der Waals surface area contributed by atoms with E-state index in [0.717, 1.165) is 29.8 Å². The van der Waals surface area contributed by atoms with E-state index < -0.39 is 0 Å². The smallest absolute Gasteiger partial charge is 0.252 e. The summed E-state index contributed by atoms with van der Waals surface area (Å²) in [6.45, 7) is 1.79. The number of amides is 1. The average molecular weight is 395 g/mol. The van der Waals surface area contributed by atoms with Crippen LogP contribution in [0.2, 0.25) is 0 Å². The zero-order valence-electron chi connectivity index (χ0n) is 15.6. The number of benzene rings is 2. The molecule has 1 heterocycles. The van der Waals surface area contributed by atoms with Gasteiger partial charge < -0.3 is 15.6 Å². The van der Waals surface area contributed by atoms with Gasteiger partial charge in [-0.1, -0.05) is 23.4 Å². The fraction of sp³-hybridized carbons (Fsp3) is 0.286. The molecule has 28 heavy (non-hydrogen) atoms. The molecule has 0 aliphatic heterocycles. The molecule has 1 atom stereocenters. The second-order valence-electron chi connectivity index (χ2n) is 6.90. The highest BCUT2D eigenvalue weighted by molar-refractivity contribution is 7.98. The van der Waals surface area contributed by atoms with Crippen molar-refractivity contribution in [2.45, 2.75) is 42.9 Å². The normalized spacial score (nSPS) is 15.8. The first-order chi connectivity index (χ1) is 13.6. The van der Waals surface area contributed by atoms with Crippen molar-refractivity contribution < 1.29 is 9.32 Å². The van der Waals surface area contributed by atoms with Crippen LogP contribution in [-0.4, -0.2) is 16.0 Å². The van der Waals surface area contributed by atoms with Crippen molar-refractivity contribution >= 4 is 23.4 Å². The number of nitrogens with two attached hydrogens (primary N) is 1. The molecule has 3 aromatic rings. The summed E-state index contributed by atoms with van der Waals surface area (Å²) in [6, 6.07) is 13.6. The summed E-state index contributed by atoms with van der Waals surface area (Å²) in [6.07, 6.45) is 2.97. The van der Waals surface area contributed by atoms with Gasteiger partial charge in [0.15, 0.2) is 5.82 Å². The summed E-state index contributed by atoms with van der Waals surface area (Å²) in [5, 5.41) is 7.01. The SMILES string of the molecule is Cc1noc(CSc2ccccc2C(=O)NC2CCCc3cc(N)ccc32)n1. The lowest BCUT2D eigenvalue weighted by molar-refractivity contribution is 0.0930. The number of aromatic nitrogens is 2. The number of rotatable bonds is 5. The van der Waals surface area contributed by atoms with Crippen LogP contribution in [0.25, 0.3) is 0 Å². The molecule has 0 saturated carbocycles. The minimum atomic E-state index is -0.0699. The van der Waals surface area contributed by atoms with Crippen molar-refractivity contribution in [1.82, 2.24) is 15.5 Å². The van der Waals surface area contributed by atoms with Crippen LogP contribution < -0.4 is 11.1 Å². The Morgan fingerprint density at radius 3 is 3.00 bits per heavy atom. The van der Waals surface area contributed by atoms with E-state index >= 15 is 0 Å². The van der Waals surface area contributed by atoms with Gasteiger partial charge in [0.05, 0.1) is 17.4 Å². The van der Waals surface area contributed by atoms with Crippen molar-refractivity contribution in [3.8, 4) is 0 Å². The zero-order valence-corrected chi connectivity index (χ0v) is 16.5. The highest BCUT2D eigenvalue weighted by Gasteiger charge is 2.23. The van der Waals surface area contributed by atoms with Crippen molar-refractivity contribution in [3.63, 3.8) is 0 Å². The number of nitrogen functional groups attached to an aromatic ring is 1. The monoisotopic (exact) mass is 394 g/mol. The van der Waals surface area contributed by atoms with Crippen molar-refractivity contribution in [2.75, 3.05) is 5.73 Å². The Balaban J connectivity index is 1.50. The third-order valence-electron chi connectivity index (χ3n) is 4.84. The number of hydrogen-bond acceptors (Lipinski definition) is 6. The predicted molar refractivity (Wildman–Crippen MR) is 109 cm³/mol. The van der Waals surface area contributed by atoms with E-state index in [9.17, 15) is 4.79 Å². The Bertz CT molecular complexity index is 1000. The Morgan fingerprint density at radius 1 is 1.32 bits per heavy atom. The third kappa shape index (κ3) is 4.04. The highest BCUT2D eigenvalue weighted by atomic mass is 32.2. The molecule has 144 valence electrons. The highest BCUT2D eigenvalue weighted by Crippen LogP contribution is 2.32. The molecule has 1 amide bonds. The molecular formula is C21H22N4O2S. The van der Waals surface area contributed by atoms with Crippen molar-refractivity contribution in [1.29, 1.82) is 0 Å². The summed E-state index contributed by atoms with van der Waals surface area (Å²) < 4.78 is 5.16. The molecule has 1 unspecified atom stereocenters. The topological polar surface area (TPSA) is 94.0 Å². The number of nitrogens with one attached hydrogen (secondary N) is 1. The number of aryl methyl sites for hydroxylation is 2. The molecule has 0 fully saturated rings. The van der Waals surface area contributed by atoms with Gasteiger partial charge in [-0.25, -0.2) is 0 Å². The number of carbonyl (C=O) groups is 1. The first kappa shape index (κ1) is 18.6. The maximum absolute atomic E-state index is 13.0. The van der Waals surface area contributed by atoms with Crippen molar-refractivity contribution in [2.24, 2.45) is 0 Å². The Hall–Kier alpha value is -2.80. The average Bonchev–Trinajstić information content (AvgIpc) is 3.11. The molecule has 0 spiro atoms. The molecule has 4 rings (SSSR count). The van der Waals surface area contributed by atoms with Crippen LogP contribution in [0.3, 0.4) is 0 Å². The Labute approximate surface area is 167 Å². The summed E-state index contributed by atoms with van der Waals surface area (Å²) in [5.74, 6) is 1.62. The van der Waals surface area contributed by atoms with E-state index in [-0.39, 0.29) is 11.9 Å². The van der Waals surface area contributed by atoms with E-state index in [1.165, 1.54) is 22.9 Å². The van der Waals surface area contributed by atoms with Gasteiger partial charge >= 0.3 is 0 Å². The minimum absolute atomic E-state index is 0.00787. The van der Waals surface area contributed by atoms with Gasteiger partial charge in [-0.05, 0) is 61.6 Å². The third-order valence-corrected chi connectivity index (χ3v) is 5.90. The number of fused-ring (bicyclic) bond motifs is 1. The zero-order chi connectivity index (χ0) is 19.5. The standard InChI is InChI=1S/C21H22N4O2S/c1-13-23-20(27-25-13)12-28-19-8-3-2-6-17(19)21(26)24-18-7-4-5-14-11-15(22)9-10-16(14)18/h2-3,6,8-11,18H,4-5,7,12,22H2,1H3,(H,24,26). The predicted octanol–water partition coefficient (Wildman–Crippen LogP) is 4.06. The molecular weight excluding hydrogens is 372 g/mol. The van der Waals surface area contributed by atoms with Gasteiger partial charge in [0.1, 0.15) is 0 Å². The number of hydrogen-bond donors (Lipinski definition) is 2. The first-order valence-corrected chi connectivity index (χ1v) is 10.3. The maximum atomic E-state index is 13.0. The quantitative estimate of drug-likeness (QED) is 0.501. The van der Waals surface area contributed by atoms with E-state index in [1.54, 1.807) is 6.92 Å². The summed E-state index contributed by atoms with van der Waals surface area (Å²) >= 11 is 1.52. The molecule has 0 saturated heterocycles.